The topological polar surface area (TPSA) is 160 Å². The molecule has 1 fully saturated rings. The van der Waals surface area contributed by atoms with E-state index in [2.05, 4.69) is 15.3 Å². The molecule has 1 aliphatic heterocycles. The first-order chi connectivity index (χ1) is 17.7. The second-order valence-corrected chi connectivity index (χ2v) is 9.28. The monoisotopic (exact) mass is 512 g/mol. The molecule has 1 amide bonds. The van der Waals surface area contributed by atoms with Crippen LogP contribution in [-0.2, 0) is 34.9 Å². The van der Waals surface area contributed by atoms with Crippen molar-refractivity contribution >= 4 is 30.7 Å². The van der Waals surface area contributed by atoms with E-state index in [1.807, 2.05) is 44.2 Å². The third-order valence-corrected chi connectivity index (χ3v) is 5.94. The number of methoxy groups -OCH3 is 1. The smallest absolute Gasteiger partial charge is 0.508 e. The van der Waals surface area contributed by atoms with Gasteiger partial charge in [0.25, 0.3) is 5.91 Å². The molecule has 2 heterocycles. The molecule has 3 N–H and O–H groups in total. The molecule has 12 heteroatoms. The maximum atomic E-state index is 13.6. The van der Waals surface area contributed by atoms with Crippen molar-refractivity contribution in [1.82, 2.24) is 15.3 Å². The fourth-order valence-corrected chi connectivity index (χ4v) is 4.14. The van der Waals surface area contributed by atoms with Gasteiger partial charge in [-0.15, -0.1) is 0 Å². The number of amides is 1. The highest BCUT2D eigenvalue weighted by molar-refractivity contribution is 6.50. The third-order valence-electron chi connectivity index (χ3n) is 5.94. The Labute approximate surface area is 217 Å². The van der Waals surface area contributed by atoms with Gasteiger partial charge in [0.05, 0.1) is 19.3 Å². The molecular weight excluding hydrogens is 479 g/mol. The number of ether oxygens (including phenoxy) is 1. The molecule has 0 aliphatic carbocycles. The predicted octanol–water partition coefficient (Wildman–Crippen LogP) is 1.37. The van der Waals surface area contributed by atoms with Crippen LogP contribution in [0.25, 0.3) is 0 Å². The van der Waals surface area contributed by atoms with Crippen molar-refractivity contribution in [3.8, 4) is 0 Å². The van der Waals surface area contributed by atoms with E-state index in [9.17, 15) is 19.2 Å². The summed E-state index contributed by atoms with van der Waals surface area (Å²) in [7, 11) is -0.0213. The Hall–Kier alpha value is -3.64. The van der Waals surface area contributed by atoms with Crippen LogP contribution in [0.15, 0.2) is 48.9 Å². The Morgan fingerprint density at radius 2 is 1.95 bits per heavy atom. The minimum absolute atomic E-state index is 0. The van der Waals surface area contributed by atoms with Crippen molar-refractivity contribution in [2.45, 2.75) is 57.1 Å². The maximum Gasteiger partial charge on any atom is 0.531 e. The molecule has 11 nitrogen and oxygen atoms in total. The van der Waals surface area contributed by atoms with Crippen LogP contribution in [-0.4, -0.2) is 66.0 Å². The van der Waals surface area contributed by atoms with E-state index in [1.54, 1.807) is 0 Å². The van der Waals surface area contributed by atoms with Gasteiger partial charge in [-0.05, 0) is 24.3 Å². The zero-order chi connectivity index (χ0) is 26.9. The van der Waals surface area contributed by atoms with Crippen molar-refractivity contribution in [2.75, 3.05) is 7.11 Å². The van der Waals surface area contributed by atoms with Gasteiger partial charge >= 0.3 is 19.1 Å². The zero-order valence-corrected chi connectivity index (χ0v) is 21.0. The van der Waals surface area contributed by atoms with Gasteiger partial charge < -0.3 is 25.1 Å². The van der Waals surface area contributed by atoms with Crippen LogP contribution in [0.4, 0.5) is 0 Å². The molecule has 0 spiro atoms. The largest absolute Gasteiger partial charge is 0.531 e. The summed E-state index contributed by atoms with van der Waals surface area (Å²) in [5.74, 6) is -2.95. The van der Waals surface area contributed by atoms with E-state index in [1.165, 1.54) is 18.6 Å². The number of hydrogen-bond donors (Lipinski definition) is 2. The van der Waals surface area contributed by atoms with Crippen LogP contribution in [0, 0.1) is 5.92 Å². The van der Waals surface area contributed by atoms with Gasteiger partial charge in [-0.1, -0.05) is 44.2 Å². The van der Waals surface area contributed by atoms with E-state index in [0.29, 0.717) is 6.42 Å². The summed E-state index contributed by atoms with van der Waals surface area (Å²) in [6, 6.07) is 7.02. The second kappa shape index (κ2) is 13.1. The number of Topliss-reactive ketones (excluding diaryl/α,β-unsaturated/α-hetero) is 1. The number of rotatable bonds is 11. The van der Waals surface area contributed by atoms with Crippen LogP contribution < -0.4 is 11.1 Å². The number of ketones is 1. The number of esters is 1. The lowest BCUT2D eigenvalue weighted by atomic mass is 9.64. The number of nitrogens with zero attached hydrogens (tertiary/aromatic N) is 2. The molecule has 0 unspecified atom stereocenters. The number of hydrogen-bond acceptors (Lipinski definition) is 10. The maximum absolute atomic E-state index is 13.6. The van der Waals surface area contributed by atoms with Crippen LogP contribution >= 0.6 is 0 Å². The highest BCUT2D eigenvalue weighted by atomic mass is 16.7. The van der Waals surface area contributed by atoms with Gasteiger partial charge in [-0.2, -0.15) is 0 Å². The average molecular weight is 512 g/mol. The number of carbonyl (C=O) groups is 4. The van der Waals surface area contributed by atoms with Crippen molar-refractivity contribution in [1.29, 1.82) is 0 Å². The molecule has 0 saturated carbocycles. The summed E-state index contributed by atoms with van der Waals surface area (Å²) in [5.41, 5.74) is 6.70. The average Bonchev–Trinajstić information content (AvgIpc) is 2.89. The van der Waals surface area contributed by atoms with Crippen LogP contribution in [0.1, 0.15) is 44.2 Å². The van der Waals surface area contributed by atoms with Gasteiger partial charge in [0, 0.05) is 26.1 Å². The van der Waals surface area contributed by atoms with Gasteiger partial charge in [0.1, 0.15) is 11.7 Å². The number of carbonyl (C=O) groups excluding carboxylic acids is 4. The SMILES string of the molecule is COC(=O)[C@@H]1OB([C@@H](CC(=O)[C@H](Cc2ccccc2)NC(=O)c2cnccn2)CC(C)C)OC(=O)[C@H]1N.[HH]. The number of nitrogens with one attached hydrogen (secondary N) is 1. The molecule has 1 aromatic carbocycles. The van der Waals surface area contributed by atoms with E-state index in [0.717, 1.165) is 12.7 Å². The fourth-order valence-electron chi connectivity index (χ4n) is 4.14. The molecule has 37 heavy (non-hydrogen) atoms. The first kappa shape index (κ1) is 27.9. The van der Waals surface area contributed by atoms with Gasteiger partial charge in [0.2, 0.25) is 0 Å². The lowest BCUT2D eigenvalue weighted by molar-refractivity contribution is -0.162. The second-order valence-electron chi connectivity index (χ2n) is 9.28. The Kier molecular flexibility index (Phi) is 9.87. The molecule has 2 aromatic rings. The number of benzene rings is 1. The summed E-state index contributed by atoms with van der Waals surface area (Å²) in [5, 5.41) is 2.76. The highest BCUT2D eigenvalue weighted by Gasteiger charge is 2.49. The summed E-state index contributed by atoms with van der Waals surface area (Å²) in [4.78, 5) is 58.9. The molecule has 0 radical (unpaired) electrons. The molecule has 1 aliphatic rings. The quantitative estimate of drug-likeness (QED) is 0.332. The van der Waals surface area contributed by atoms with Gasteiger partial charge in [-0.3, -0.25) is 19.4 Å². The first-order valence-electron chi connectivity index (χ1n) is 12.0. The zero-order valence-electron chi connectivity index (χ0n) is 21.0. The van der Waals surface area contributed by atoms with E-state index < -0.39 is 49.0 Å². The number of aromatic nitrogens is 2. The summed E-state index contributed by atoms with van der Waals surface area (Å²) in [6.07, 6.45) is 3.39. The minimum Gasteiger partial charge on any atom is -0.508 e. The van der Waals surface area contributed by atoms with E-state index >= 15 is 0 Å². The molecule has 198 valence electrons. The Balaban J connectivity index is 0.00000507. The normalized spacial score (nSPS) is 19.1. The van der Waals surface area contributed by atoms with Crippen molar-refractivity contribution in [2.24, 2.45) is 11.7 Å². The molecular formula is C25H33BN4O7. The van der Waals surface area contributed by atoms with Crippen LogP contribution in [0.2, 0.25) is 5.82 Å². The van der Waals surface area contributed by atoms with E-state index in [-0.39, 0.29) is 31.7 Å². The highest BCUT2D eigenvalue weighted by Crippen LogP contribution is 2.31. The van der Waals surface area contributed by atoms with Crippen molar-refractivity contribution in [3.63, 3.8) is 0 Å². The van der Waals surface area contributed by atoms with Crippen LogP contribution in [0.3, 0.4) is 0 Å². The Bertz CT molecular complexity index is 1090. The third kappa shape index (κ3) is 7.67. The molecule has 1 aromatic heterocycles. The summed E-state index contributed by atoms with van der Waals surface area (Å²) >= 11 is 0. The first-order valence-corrected chi connectivity index (χ1v) is 12.0. The molecule has 3 rings (SSSR count). The van der Waals surface area contributed by atoms with Gasteiger partial charge in [-0.25, -0.2) is 9.78 Å². The van der Waals surface area contributed by atoms with Crippen molar-refractivity contribution < 1.29 is 34.7 Å². The lowest BCUT2D eigenvalue weighted by Gasteiger charge is -2.34. The molecule has 0 bridgehead atoms. The Morgan fingerprint density at radius 3 is 2.57 bits per heavy atom. The standard InChI is InChI=1S/C25H31BN4O7.H2/c1-15(2)11-17(26-36-22(25(34)35-3)21(27)24(33)37-26)13-20(31)18(12-16-7-5-4-6-8-16)30-23(32)19-14-28-9-10-29-19;/h4-10,14-15,17-18,21-22H,11-13,27H2,1-3H3,(H,30,32);1H/t17-,18+,21+,22-;/m1./s1. The summed E-state index contributed by atoms with van der Waals surface area (Å²) in [6.45, 7) is 3.89. The predicted molar refractivity (Wildman–Crippen MR) is 135 cm³/mol. The van der Waals surface area contributed by atoms with Crippen molar-refractivity contribution in [3.05, 3.63) is 60.2 Å². The van der Waals surface area contributed by atoms with E-state index in [4.69, 9.17) is 19.8 Å². The van der Waals surface area contributed by atoms with Gasteiger partial charge in [0.15, 0.2) is 11.9 Å². The molecule has 4 atom stereocenters. The summed E-state index contributed by atoms with van der Waals surface area (Å²) < 4.78 is 15.8. The lowest BCUT2D eigenvalue weighted by Crippen LogP contribution is -2.58. The molecule has 1 saturated heterocycles. The minimum atomic E-state index is -1.35. The number of nitrogens with two attached hydrogens (primary N) is 1. The van der Waals surface area contributed by atoms with Crippen LogP contribution in [0.5, 0.6) is 0 Å². The Morgan fingerprint density at radius 1 is 1.22 bits per heavy atom. The fraction of sp³-hybridized carbons (Fsp3) is 0.440.